The van der Waals surface area contributed by atoms with E-state index < -0.39 is 5.97 Å². The molecule has 0 spiro atoms. The van der Waals surface area contributed by atoms with Crippen LogP contribution in [0.5, 0.6) is 0 Å². The van der Waals surface area contributed by atoms with Crippen molar-refractivity contribution in [1.82, 2.24) is 4.57 Å². The van der Waals surface area contributed by atoms with Crippen molar-refractivity contribution in [2.24, 2.45) is 11.5 Å². The van der Waals surface area contributed by atoms with Gasteiger partial charge in [0.25, 0.3) is 0 Å². The van der Waals surface area contributed by atoms with E-state index in [2.05, 4.69) is 11.5 Å². The summed E-state index contributed by atoms with van der Waals surface area (Å²) in [6.45, 7) is 6.20. The molecule has 1 heterocycles. The smallest absolute Gasteiger partial charge is 0.335 e. The summed E-state index contributed by atoms with van der Waals surface area (Å²) in [4.78, 5) is 11.3. The average molecular weight is 303 g/mol. The van der Waals surface area contributed by atoms with Gasteiger partial charge in [-0.25, -0.2) is 4.79 Å². The molecule has 1 aromatic heterocycles. The number of aryl methyl sites for hydroxylation is 3. The van der Waals surface area contributed by atoms with Crippen molar-refractivity contribution in [3.8, 4) is 0 Å². The highest BCUT2D eigenvalue weighted by molar-refractivity contribution is 5.97. The van der Waals surface area contributed by atoms with Crippen molar-refractivity contribution in [2.45, 2.75) is 39.7 Å². The van der Waals surface area contributed by atoms with E-state index in [1.165, 1.54) is 11.3 Å². The minimum Gasteiger partial charge on any atom is -0.478 e. The first-order valence-corrected chi connectivity index (χ1v) is 7.77. The molecule has 5 heteroatoms. The second kappa shape index (κ2) is 6.94. The van der Waals surface area contributed by atoms with Gasteiger partial charge in [-0.2, -0.15) is 0 Å². The molecular weight excluding hydrogens is 278 g/mol. The lowest BCUT2D eigenvalue weighted by molar-refractivity contribution is 0.0697. The standard InChI is InChI=1S/C17H25N3O2/c1-11-9-13(17(21)22)10-15-14(5-3-6-18)12(2)20(16(11)15)8-4-7-19/h9-10H,3-8,18-19H2,1-2H3,(H,21,22). The Hall–Kier alpha value is -1.85. The Morgan fingerprint density at radius 3 is 2.45 bits per heavy atom. The van der Waals surface area contributed by atoms with E-state index in [1.807, 2.05) is 6.92 Å². The van der Waals surface area contributed by atoms with E-state index in [0.717, 1.165) is 42.3 Å². The number of nitrogens with two attached hydrogens (primary N) is 2. The van der Waals surface area contributed by atoms with Gasteiger partial charge < -0.3 is 21.1 Å². The number of rotatable bonds is 7. The minimum absolute atomic E-state index is 0.343. The Bertz CT molecular complexity index is 689. The summed E-state index contributed by atoms with van der Waals surface area (Å²) in [5.41, 5.74) is 16.2. The highest BCUT2D eigenvalue weighted by atomic mass is 16.4. The second-order valence-electron chi connectivity index (χ2n) is 5.74. The number of carboxylic acids is 1. The zero-order valence-electron chi connectivity index (χ0n) is 13.4. The molecule has 0 unspecified atom stereocenters. The van der Waals surface area contributed by atoms with E-state index in [4.69, 9.17) is 11.5 Å². The number of fused-ring (bicyclic) bond motifs is 1. The van der Waals surface area contributed by atoms with Gasteiger partial charge in [0.05, 0.1) is 11.1 Å². The third kappa shape index (κ3) is 3.00. The van der Waals surface area contributed by atoms with Crippen molar-refractivity contribution in [1.29, 1.82) is 0 Å². The molecule has 120 valence electrons. The fourth-order valence-corrected chi connectivity index (χ4v) is 3.14. The van der Waals surface area contributed by atoms with Crippen molar-refractivity contribution in [3.63, 3.8) is 0 Å². The minimum atomic E-state index is -0.887. The first kappa shape index (κ1) is 16.5. The summed E-state index contributed by atoms with van der Waals surface area (Å²) in [7, 11) is 0. The van der Waals surface area contributed by atoms with Gasteiger partial charge in [0.15, 0.2) is 0 Å². The number of carbonyl (C=O) groups is 1. The Morgan fingerprint density at radius 2 is 1.86 bits per heavy atom. The summed E-state index contributed by atoms with van der Waals surface area (Å²) in [6.07, 6.45) is 2.67. The summed E-state index contributed by atoms with van der Waals surface area (Å²) < 4.78 is 2.27. The lowest BCUT2D eigenvalue weighted by Gasteiger charge is -2.10. The van der Waals surface area contributed by atoms with E-state index in [0.29, 0.717) is 18.7 Å². The third-order valence-corrected chi connectivity index (χ3v) is 4.20. The molecule has 0 atom stereocenters. The molecule has 0 bridgehead atoms. The number of nitrogens with zero attached hydrogens (tertiary/aromatic N) is 1. The average Bonchev–Trinajstić information content (AvgIpc) is 2.75. The van der Waals surface area contributed by atoms with E-state index in [1.54, 1.807) is 12.1 Å². The lowest BCUT2D eigenvalue weighted by Crippen LogP contribution is -2.08. The van der Waals surface area contributed by atoms with Crippen LogP contribution in [0.1, 0.15) is 40.0 Å². The highest BCUT2D eigenvalue weighted by Crippen LogP contribution is 2.31. The van der Waals surface area contributed by atoms with Gasteiger partial charge in [0.1, 0.15) is 0 Å². The number of hydrogen-bond donors (Lipinski definition) is 3. The maximum atomic E-state index is 11.3. The molecule has 0 amide bonds. The van der Waals surface area contributed by atoms with Gasteiger partial charge in [-0.3, -0.25) is 0 Å². The number of benzene rings is 1. The second-order valence-corrected chi connectivity index (χ2v) is 5.74. The first-order chi connectivity index (χ1) is 10.5. The van der Waals surface area contributed by atoms with Gasteiger partial charge in [-0.1, -0.05) is 0 Å². The van der Waals surface area contributed by atoms with Crippen molar-refractivity contribution in [2.75, 3.05) is 13.1 Å². The van der Waals surface area contributed by atoms with Crippen LogP contribution in [0.2, 0.25) is 0 Å². The van der Waals surface area contributed by atoms with E-state index >= 15 is 0 Å². The molecule has 2 aromatic rings. The van der Waals surface area contributed by atoms with Gasteiger partial charge in [0.2, 0.25) is 0 Å². The molecule has 0 fully saturated rings. The van der Waals surface area contributed by atoms with Crippen LogP contribution in [0.4, 0.5) is 0 Å². The van der Waals surface area contributed by atoms with Gasteiger partial charge >= 0.3 is 5.97 Å². The fourth-order valence-electron chi connectivity index (χ4n) is 3.14. The van der Waals surface area contributed by atoms with Crippen molar-refractivity contribution < 1.29 is 9.90 Å². The van der Waals surface area contributed by atoms with Crippen LogP contribution in [0.25, 0.3) is 10.9 Å². The molecular formula is C17H25N3O2. The maximum absolute atomic E-state index is 11.3. The Labute approximate surface area is 130 Å². The Kier molecular flexibility index (Phi) is 5.21. The molecule has 5 N–H and O–H groups in total. The molecule has 0 aliphatic carbocycles. The molecule has 0 aliphatic rings. The van der Waals surface area contributed by atoms with Crippen molar-refractivity contribution >= 4 is 16.9 Å². The quantitative estimate of drug-likeness (QED) is 0.731. The molecule has 0 aliphatic heterocycles. The number of aromatic nitrogens is 1. The number of carboxylic acid groups (broad SMARTS) is 1. The molecule has 0 saturated carbocycles. The predicted molar refractivity (Wildman–Crippen MR) is 89.4 cm³/mol. The fraction of sp³-hybridized carbons (Fsp3) is 0.471. The largest absolute Gasteiger partial charge is 0.478 e. The zero-order valence-corrected chi connectivity index (χ0v) is 13.4. The Balaban J connectivity index is 2.68. The molecule has 22 heavy (non-hydrogen) atoms. The predicted octanol–water partition coefficient (Wildman–Crippen LogP) is 2.20. The summed E-state index contributed by atoms with van der Waals surface area (Å²) in [5, 5.41) is 10.4. The normalized spacial score (nSPS) is 11.3. The number of aromatic carboxylic acids is 1. The van der Waals surface area contributed by atoms with Gasteiger partial charge in [0, 0.05) is 17.6 Å². The van der Waals surface area contributed by atoms with E-state index in [9.17, 15) is 9.90 Å². The molecule has 5 nitrogen and oxygen atoms in total. The molecule has 2 rings (SSSR count). The van der Waals surface area contributed by atoms with Gasteiger partial charge in [-0.05, 0) is 69.5 Å². The topological polar surface area (TPSA) is 94.3 Å². The van der Waals surface area contributed by atoms with Crippen LogP contribution >= 0.6 is 0 Å². The van der Waals surface area contributed by atoms with Crippen LogP contribution in [0.3, 0.4) is 0 Å². The van der Waals surface area contributed by atoms with Crippen LogP contribution in [0, 0.1) is 13.8 Å². The summed E-state index contributed by atoms with van der Waals surface area (Å²) in [5.74, 6) is -0.887. The first-order valence-electron chi connectivity index (χ1n) is 7.77. The number of hydrogen-bond acceptors (Lipinski definition) is 3. The lowest BCUT2D eigenvalue weighted by atomic mass is 10.0. The maximum Gasteiger partial charge on any atom is 0.335 e. The monoisotopic (exact) mass is 303 g/mol. The van der Waals surface area contributed by atoms with Crippen LogP contribution in [-0.4, -0.2) is 28.7 Å². The van der Waals surface area contributed by atoms with Crippen LogP contribution in [0.15, 0.2) is 12.1 Å². The molecule has 1 aromatic carbocycles. The summed E-state index contributed by atoms with van der Waals surface area (Å²) in [6, 6.07) is 3.54. The molecule has 0 saturated heterocycles. The van der Waals surface area contributed by atoms with Crippen molar-refractivity contribution in [3.05, 3.63) is 34.5 Å². The zero-order chi connectivity index (χ0) is 16.3. The van der Waals surface area contributed by atoms with Crippen LogP contribution < -0.4 is 11.5 Å². The summed E-state index contributed by atoms with van der Waals surface area (Å²) >= 11 is 0. The molecule has 0 radical (unpaired) electrons. The van der Waals surface area contributed by atoms with E-state index in [-0.39, 0.29) is 0 Å². The highest BCUT2D eigenvalue weighted by Gasteiger charge is 2.17. The Morgan fingerprint density at radius 1 is 1.18 bits per heavy atom. The third-order valence-electron chi connectivity index (χ3n) is 4.20. The van der Waals surface area contributed by atoms with Gasteiger partial charge in [-0.15, -0.1) is 0 Å². The SMILES string of the molecule is Cc1cc(C(=O)O)cc2c(CCCN)c(C)n(CCCN)c12. The van der Waals surface area contributed by atoms with Crippen LogP contribution in [-0.2, 0) is 13.0 Å².